The molecule has 19 heavy (non-hydrogen) atoms. The summed E-state index contributed by atoms with van der Waals surface area (Å²) in [6.45, 7) is 7.51. The highest BCUT2D eigenvalue weighted by atomic mass is 32.1. The zero-order valence-corrected chi connectivity index (χ0v) is 11.6. The maximum Gasteiger partial charge on any atom is 0.346 e. The highest BCUT2D eigenvalue weighted by molar-refractivity contribution is 7.20. The standard InChI is InChI=1S/C13H15N3O2S/c1-4-5-7(2)16-11-9-8(3)10(13(17)18)19-12(9)15-6-14-11/h4,6-7H,1,5H2,2-3H3,(H,17,18)(H,14,15,16). The third-order valence-corrected chi connectivity index (χ3v) is 4.01. The Balaban J connectivity index is 2.50. The Morgan fingerprint density at radius 3 is 3.00 bits per heavy atom. The van der Waals surface area contributed by atoms with Gasteiger partial charge in [0.05, 0.1) is 5.39 Å². The molecule has 2 N–H and O–H groups in total. The van der Waals surface area contributed by atoms with Crippen LogP contribution in [0.25, 0.3) is 10.2 Å². The van der Waals surface area contributed by atoms with Gasteiger partial charge in [-0.05, 0) is 25.8 Å². The molecular weight excluding hydrogens is 262 g/mol. The summed E-state index contributed by atoms with van der Waals surface area (Å²) in [5, 5.41) is 13.2. The van der Waals surface area contributed by atoms with Crippen LogP contribution in [-0.4, -0.2) is 27.1 Å². The minimum Gasteiger partial charge on any atom is -0.477 e. The molecule has 0 aromatic carbocycles. The smallest absolute Gasteiger partial charge is 0.346 e. The van der Waals surface area contributed by atoms with Crippen molar-refractivity contribution < 1.29 is 9.90 Å². The minimum absolute atomic E-state index is 0.183. The van der Waals surface area contributed by atoms with Crippen molar-refractivity contribution in [3.05, 3.63) is 29.4 Å². The molecule has 1 atom stereocenters. The third-order valence-electron chi connectivity index (χ3n) is 2.82. The van der Waals surface area contributed by atoms with E-state index in [1.165, 1.54) is 17.7 Å². The van der Waals surface area contributed by atoms with Crippen molar-refractivity contribution >= 4 is 33.3 Å². The second-order valence-electron chi connectivity index (χ2n) is 4.33. The second-order valence-corrected chi connectivity index (χ2v) is 5.33. The van der Waals surface area contributed by atoms with Crippen LogP contribution in [0, 0.1) is 6.92 Å². The summed E-state index contributed by atoms with van der Waals surface area (Å²) >= 11 is 1.18. The Labute approximate surface area is 115 Å². The Morgan fingerprint density at radius 1 is 1.63 bits per heavy atom. The molecule has 2 rings (SSSR count). The first-order chi connectivity index (χ1) is 9.04. The normalized spacial score (nSPS) is 12.3. The number of hydrogen-bond donors (Lipinski definition) is 2. The summed E-state index contributed by atoms with van der Waals surface area (Å²) in [5.41, 5.74) is 0.710. The molecule has 2 heterocycles. The Morgan fingerprint density at radius 2 is 2.37 bits per heavy atom. The number of thiophene rings is 1. The number of carboxylic acid groups (broad SMARTS) is 1. The van der Waals surface area contributed by atoms with E-state index < -0.39 is 5.97 Å². The van der Waals surface area contributed by atoms with Crippen molar-refractivity contribution in [3.8, 4) is 0 Å². The largest absolute Gasteiger partial charge is 0.477 e. The lowest BCUT2D eigenvalue weighted by Crippen LogP contribution is -2.15. The number of carboxylic acids is 1. The number of hydrogen-bond acceptors (Lipinski definition) is 5. The fourth-order valence-electron chi connectivity index (χ4n) is 1.93. The topological polar surface area (TPSA) is 75.1 Å². The van der Waals surface area contributed by atoms with Crippen LogP contribution in [0.15, 0.2) is 19.0 Å². The van der Waals surface area contributed by atoms with Gasteiger partial charge in [0.25, 0.3) is 0 Å². The zero-order valence-electron chi connectivity index (χ0n) is 10.8. The molecular formula is C13H15N3O2S. The van der Waals surface area contributed by atoms with Crippen LogP contribution in [0.5, 0.6) is 0 Å². The fourth-order valence-corrected chi connectivity index (χ4v) is 2.91. The van der Waals surface area contributed by atoms with Crippen molar-refractivity contribution in [1.82, 2.24) is 9.97 Å². The number of nitrogens with one attached hydrogen (secondary N) is 1. The number of rotatable bonds is 5. The Hall–Kier alpha value is -1.95. The van der Waals surface area contributed by atoms with E-state index in [1.807, 2.05) is 13.0 Å². The minimum atomic E-state index is -0.925. The van der Waals surface area contributed by atoms with Crippen LogP contribution in [0.3, 0.4) is 0 Å². The monoisotopic (exact) mass is 277 g/mol. The highest BCUT2D eigenvalue weighted by Crippen LogP contribution is 2.33. The maximum absolute atomic E-state index is 11.2. The number of anilines is 1. The van der Waals surface area contributed by atoms with E-state index in [-0.39, 0.29) is 6.04 Å². The quantitative estimate of drug-likeness (QED) is 0.821. The molecule has 2 aromatic heterocycles. The molecule has 100 valence electrons. The van der Waals surface area contributed by atoms with Crippen LogP contribution in [0.4, 0.5) is 5.82 Å². The molecule has 1 unspecified atom stereocenters. The summed E-state index contributed by atoms with van der Waals surface area (Å²) in [6.07, 6.45) is 4.09. The molecule has 0 fully saturated rings. The fraction of sp³-hybridized carbons (Fsp3) is 0.308. The van der Waals surface area contributed by atoms with E-state index in [2.05, 4.69) is 21.9 Å². The molecule has 0 aliphatic rings. The van der Waals surface area contributed by atoms with E-state index in [4.69, 9.17) is 5.11 Å². The molecule has 6 heteroatoms. The molecule has 5 nitrogen and oxygen atoms in total. The van der Waals surface area contributed by atoms with Gasteiger partial charge in [0.2, 0.25) is 0 Å². The zero-order chi connectivity index (χ0) is 14.0. The summed E-state index contributed by atoms with van der Waals surface area (Å²) in [4.78, 5) is 20.5. The second kappa shape index (κ2) is 5.36. The third kappa shape index (κ3) is 2.58. The van der Waals surface area contributed by atoms with Gasteiger partial charge in [0.15, 0.2) is 0 Å². The lowest BCUT2D eigenvalue weighted by molar-refractivity contribution is 0.0701. The van der Waals surface area contributed by atoms with Gasteiger partial charge in [-0.1, -0.05) is 6.08 Å². The number of carbonyl (C=O) groups is 1. The van der Waals surface area contributed by atoms with Crippen molar-refractivity contribution in [2.45, 2.75) is 26.3 Å². The molecule has 0 aliphatic heterocycles. The van der Waals surface area contributed by atoms with Gasteiger partial charge in [-0.15, -0.1) is 17.9 Å². The van der Waals surface area contributed by atoms with Gasteiger partial charge < -0.3 is 10.4 Å². The number of aromatic nitrogens is 2. The Bertz CT molecular complexity index is 636. The van der Waals surface area contributed by atoms with Gasteiger partial charge in [0.1, 0.15) is 21.9 Å². The molecule has 0 bridgehead atoms. The van der Waals surface area contributed by atoms with Crippen molar-refractivity contribution in [3.63, 3.8) is 0 Å². The Kier molecular flexibility index (Phi) is 3.80. The van der Waals surface area contributed by atoms with Gasteiger partial charge in [-0.25, -0.2) is 14.8 Å². The summed E-state index contributed by atoms with van der Waals surface area (Å²) in [7, 11) is 0. The van der Waals surface area contributed by atoms with Gasteiger partial charge in [-0.2, -0.15) is 0 Å². The van der Waals surface area contributed by atoms with E-state index >= 15 is 0 Å². The molecule has 0 aliphatic carbocycles. The van der Waals surface area contributed by atoms with Crippen LogP contribution in [-0.2, 0) is 0 Å². The number of fused-ring (bicyclic) bond motifs is 1. The summed E-state index contributed by atoms with van der Waals surface area (Å²) in [5.74, 6) is -0.244. The summed E-state index contributed by atoms with van der Waals surface area (Å²) < 4.78 is 0. The predicted octanol–water partition coefficient (Wildman–Crippen LogP) is 3.07. The SMILES string of the molecule is C=CCC(C)Nc1ncnc2sc(C(=O)O)c(C)c12. The molecule has 0 saturated heterocycles. The number of nitrogens with zero attached hydrogens (tertiary/aromatic N) is 2. The maximum atomic E-state index is 11.2. The van der Waals surface area contributed by atoms with Gasteiger partial charge in [-0.3, -0.25) is 0 Å². The first kappa shape index (κ1) is 13.5. The molecule has 2 aromatic rings. The van der Waals surface area contributed by atoms with E-state index in [1.54, 1.807) is 6.92 Å². The number of aromatic carboxylic acids is 1. The van der Waals surface area contributed by atoms with Crippen molar-refractivity contribution in [2.75, 3.05) is 5.32 Å². The molecule has 0 saturated carbocycles. The van der Waals surface area contributed by atoms with Gasteiger partial charge >= 0.3 is 5.97 Å². The lowest BCUT2D eigenvalue weighted by atomic mass is 10.2. The predicted molar refractivity (Wildman–Crippen MR) is 77.0 cm³/mol. The van der Waals surface area contributed by atoms with E-state index in [0.717, 1.165) is 11.8 Å². The average molecular weight is 277 g/mol. The van der Waals surface area contributed by atoms with Crippen molar-refractivity contribution in [2.24, 2.45) is 0 Å². The first-order valence-corrected chi connectivity index (χ1v) is 6.71. The average Bonchev–Trinajstić information content (AvgIpc) is 2.68. The van der Waals surface area contributed by atoms with E-state index in [0.29, 0.717) is 21.1 Å². The molecule has 0 amide bonds. The summed E-state index contributed by atoms with van der Waals surface area (Å²) in [6, 6.07) is 0.183. The first-order valence-electron chi connectivity index (χ1n) is 5.89. The van der Waals surface area contributed by atoms with Crippen LogP contribution in [0.1, 0.15) is 28.6 Å². The highest BCUT2D eigenvalue weighted by Gasteiger charge is 2.18. The van der Waals surface area contributed by atoms with Crippen molar-refractivity contribution in [1.29, 1.82) is 0 Å². The lowest BCUT2D eigenvalue weighted by Gasteiger charge is -2.13. The van der Waals surface area contributed by atoms with Crippen LogP contribution < -0.4 is 5.32 Å². The molecule has 0 spiro atoms. The van der Waals surface area contributed by atoms with Crippen LogP contribution >= 0.6 is 11.3 Å². The number of aryl methyl sites for hydroxylation is 1. The van der Waals surface area contributed by atoms with Gasteiger partial charge in [0, 0.05) is 6.04 Å². The molecule has 0 radical (unpaired) electrons. The van der Waals surface area contributed by atoms with E-state index in [9.17, 15) is 4.79 Å². The van der Waals surface area contributed by atoms with Crippen LogP contribution in [0.2, 0.25) is 0 Å².